The van der Waals surface area contributed by atoms with E-state index in [0.717, 1.165) is 5.56 Å². The largest absolute Gasteiger partial charge is 0.367 e. The normalized spacial score (nSPS) is 32.3. The fourth-order valence-electron chi connectivity index (χ4n) is 2.94. The number of hydroxylamine groups is 2. The van der Waals surface area contributed by atoms with Crippen molar-refractivity contribution in [2.45, 2.75) is 45.2 Å². The SMILES string of the molecule is C[C@H]1C(=O)ON(Cc2ccccc2)[C@@H]1[C@H]1COC(C)(C)O1. The number of benzene rings is 1. The van der Waals surface area contributed by atoms with Crippen LogP contribution in [0.4, 0.5) is 0 Å². The first-order valence-electron chi connectivity index (χ1n) is 7.30. The van der Waals surface area contributed by atoms with E-state index in [9.17, 15) is 4.79 Å². The van der Waals surface area contributed by atoms with Crippen LogP contribution in [0.3, 0.4) is 0 Å². The minimum atomic E-state index is -0.603. The molecular formula is C16H21NO4. The molecule has 0 unspecified atom stereocenters. The zero-order valence-corrected chi connectivity index (χ0v) is 12.6. The van der Waals surface area contributed by atoms with Crippen LogP contribution in [-0.4, -0.2) is 35.6 Å². The lowest BCUT2D eigenvalue weighted by Gasteiger charge is -2.27. The average Bonchev–Trinajstić information content (AvgIpc) is 2.92. The van der Waals surface area contributed by atoms with Gasteiger partial charge in [0.15, 0.2) is 5.79 Å². The molecule has 2 aliphatic rings. The minimum absolute atomic E-state index is 0.125. The van der Waals surface area contributed by atoms with Gasteiger partial charge in [0, 0.05) is 0 Å². The van der Waals surface area contributed by atoms with E-state index in [1.165, 1.54) is 0 Å². The molecular weight excluding hydrogens is 270 g/mol. The molecule has 1 aromatic carbocycles. The van der Waals surface area contributed by atoms with Crippen LogP contribution in [0.15, 0.2) is 30.3 Å². The number of rotatable bonds is 3. The van der Waals surface area contributed by atoms with Crippen LogP contribution in [0, 0.1) is 5.92 Å². The summed E-state index contributed by atoms with van der Waals surface area (Å²) in [5.74, 6) is -1.03. The summed E-state index contributed by atoms with van der Waals surface area (Å²) in [5.41, 5.74) is 1.10. The fourth-order valence-corrected chi connectivity index (χ4v) is 2.94. The molecule has 5 heteroatoms. The monoisotopic (exact) mass is 291 g/mol. The van der Waals surface area contributed by atoms with Gasteiger partial charge in [-0.15, -0.1) is 5.06 Å². The Morgan fingerprint density at radius 1 is 1.29 bits per heavy atom. The van der Waals surface area contributed by atoms with Crippen molar-refractivity contribution in [3.63, 3.8) is 0 Å². The first-order chi connectivity index (χ1) is 9.96. The second-order valence-electron chi connectivity index (χ2n) is 6.12. The van der Waals surface area contributed by atoms with Crippen LogP contribution in [0.1, 0.15) is 26.3 Å². The van der Waals surface area contributed by atoms with Crippen molar-refractivity contribution < 1.29 is 19.1 Å². The fraction of sp³-hybridized carbons (Fsp3) is 0.562. The number of ether oxygens (including phenoxy) is 2. The molecule has 0 amide bonds. The molecule has 21 heavy (non-hydrogen) atoms. The maximum absolute atomic E-state index is 11.9. The summed E-state index contributed by atoms with van der Waals surface area (Å²) < 4.78 is 11.6. The number of carbonyl (C=O) groups is 1. The summed E-state index contributed by atoms with van der Waals surface area (Å²) in [7, 11) is 0. The predicted octanol–water partition coefficient (Wildman–Crippen LogP) is 2.12. The Hall–Kier alpha value is -1.43. The molecule has 0 spiro atoms. The first kappa shape index (κ1) is 14.5. The highest BCUT2D eigenvalue weighted by Gasteiger charge is 2.49. The Morgan fingerprint density at radius 2 is 2.00 bits per heavy atom. The maximum atomic E-state index is 11.9. The maximum Gasteiger partial charge on any atom is 0.329 e. The Balaban J connectivity index is 1.77. The summed E-state index contributed by atoms with van der Waals surface area (Å²) in [4.78, 5) is 17.4. The molecule has 114 valence electrons. The van der Waals surface area contributed by atoms with E-state index in [2.05, 4.69) is 0 Å². The van der Waals surface area contributed by atoms with Crippen molar-refractivity contribution in [3.05, 3.63) is 35.9 Å². The highest BCUT2D eigenvalue weighted by molar-refractivity contribution is 5.74. The molecule has 5 nitrogen and oxygen atoms in total. The molecule has 0 radical (unpaired) electrons. The lowest BCUT2D eigenvalue weighted by atomic mass is 9.97. The highest BCUT2D eigenvalue weighted by atomic mass is 16.8. The second-order valence-corrected chi connectivity index (χ2v) is 6.12. The molecule has 1 aromatic rings. The van der Waals surface area contributed by atoms with Crippen LogP contribution in [0.25, 0.3) is 0 Å². The van der Waals surface area contributed by atoms with E-state index in [0.29, 0.717) is 13.2 Å². The molecule has 2 fully saturated rings. The summed E-state index contributed by atoms with van der Waals surface area (Å²) in [6, 6.07) is 9.83. The molecule has 0 aromatic heterocycles. The number of hydrogen-bond acceptors (Lipinski definition) is 5. The van der Waals surface area contributed by atoms with Gasteiger partial charge in [-0.1, -0.05) is 37.3 Å². The quantitative estimate of drug-likeness (QED) is 0.853. The Bertz CT molecular complexity index is 516. The number of nitrogens with zero attached hydrogens (tertiary/aromatic N) is 1. The topological polar surface area (TPSA) is 48.0 Å². The summed E-state index contributed by atoms with van der Waals surface area (Å²) in [5, 5.41) is 1.73. The van der Waals surface area contributed by atoms with Gasteiger partial charge in [-0.2, -0.15) is 0 Å². The second kappa shape index (κ2) is 5.40. The van der Waals surface area contributed by atoms with E-state index in [4.69, 9.17) is 14.3 Å². The van der Waals surface area contributed by atoms with E-state index >= 15 is 0 Å². The van der Waals surface area contributed by atoms with Crippen molar-refractivity contribution in [1.29, 1.82) is 0 Å². The number of carbonyl (C=O) groups excluding carboxylic acids is 1. The molecule has 0 bridgehead atoms. The van der Waals surface area contributed by atoms with Gasteiger partial charge in [-0.05, 0) is 19.4 Å². The zero-order valence-electron chi connectivity index (χ0n) is 12.6. The van der Waals surface area contributed by atoms with Crippen molar-refractivity contribution >= 4 is 5.97 Å². The van der Waals surface area contributed by atoms with Gasteiger partial charge in [0.1, 0.15) is 6.10 Å². The van der Waals surface area contributed by atoms with Crippen LogP contribution in [-0.2, 0) is 25.7 Å². The third-order valence-corrected chi connectivity index (χ3v) is 4.02. The number of hydrogen-bond donors (Lipinski definition) is 0. The Morgan fingerprint density at radius 3 is 2.62 bits per heavy atom. The Labute approximate surface area is 124 Å². The van der Waals surface area contributed by atoms with Gasteiger partial charge < -0.3 is 14.3 Å². The van der Waals surface area contributed by atoms with Crippen molar-refractivity contribution in [2.24, 2.45) is 5.92 Å². The van der Waals surface area contributed by atoms with Crippen LogP contribution in [0.5, 0.6) is 0 Å². The molecule has 0 saturated carbocycles. The first-order valence-corrected chi connectivity index (χ1v) is 7.30. The minimum Gasteiger partial charge on any atom is -0.367 e. The average molecular weight is 291 g/mol. The van der Waals surface area contributed by atoms with Crippen molar-refractivity contribution in [3.8, 4) is 0 Å². The van der Waals surface area contributed by atoms with Gasteiger partial charge in [0.2, 0.25) is 0 Å². The van der Waals surface area contributed by atoms with Gasteiger partial charge in [-0.3, -0.25) is 0 Å². The smallest absolute Gasteiger partial charge is 0.329 e. The molecule has 3 rings (SSSR count). The molecule has 2 aliphatic heterocycles. The van der Waals surface area contributed by atoms with E-state index in [1.54, 1.807) is 5.06 Å². The summed E-state index contributed by atoms with van der Waals surface area (Å²) in [6.07, 6.45) is -0.162. The third kappa shape index (κ3) is 2.95. The molecule has 0 N–H and O–H groups in total. The van der Waals surface area contributed by atoms with Gasteiger partial charge in [0.05, 0.1) is 25.1 Å². The van der Waals surface area contributed by atoms with Crippen LogP contribution < -0.4 is 0 Å². The zero-order chi connectivity index (χ0) is 15.0. The molecule has 0 aliphatic carbocycles. The van der Waals surface area contributed by atoms with E-state index < -0.39 is 5.79 Å². The van der Waals surface area contributed by atoms with E-state index in [1.807, 2.05) is 51.1 Å². The van der Waals surface area contributed by atoms with Gasteiger partial charge in [0.25, 0.3) is 0 Å². The lowest BCUT2D eigenvalue weighted by Crippen LogP contribution is -2.43. The Kier molecular flexibility index (Phi) is 3.73. The van der Waals surface area contributed by atoms with Crippen LogP contribution >= 0.6 is 0 Å². The summed E-state index contributed by atoms with van der Waals surface area (Å²) in [6.45, 7) is 6.69. The van der Waals surface area contributed by atoms with Gasteiger partial charge >= 0.3 is 5.97 Å². The highest BCUT2D eigenvalue weighted by Crippen LogP contribution is 2.34. The molecule has 2 heterocycles. The van der Waals surface area contributed by atoms with Crippen molar-refractivity contribution in [1.82, 2.24) is 5.06 Å². The summed E-state index contributed by atoms with van der Waals surface area (Å²) >= 11 is 0. The molecule has 2 saturated heterocycles. The van der Waals surface area contributed by atoms with Crippen LogP contribution in [0.2, 0.25) is 0 Å². The van der Waals surface area contributed by atoms with E-state index in [-0.39, 0.29) is 24.0 Å². The van der Waals surface area contributed by atoms with Crippen molar-refractivity contribution in [2.75, 3.05) is 6.61 Å². The molecule has 3 atom stereocenters. The standard InChI is InChI=1S/C16H21NO4/c1-11-14(13-10-19-16(2,3)20-13)17(21-15(11)18)9-12-7-5-4-6-8-12/h4-8,11,13-14H,9-10H2,1-3H3/t11-,13-,14+/m1/s1. The third-order valence-electron chi connectivity index (χ3n) is 4.02. The lowest BCUT2D eigenvalue weighted by molar-refractivity contribution is -0.191. The predicted molar refractivity (Wildman–Crippen MR) is 75.9 cm³/mol. The van der Waals surface area contributed by atoms with Gasteiger partial charge in [-0.25, -0.2) is 4.79 Å².